The number of amides is 1. The van der Waals surface area contributed by atoms with E-state index >= 15 is 0 Å². The maximum atomic E-state index is 13.2. The van der Waals surface area contributed by atoms with E-state index in [0.717, 1.165) is 0 Å². The molecule has 1 heterocycles. The van der Waals surface area contributed by atoms with E-state index in [1.807, 2.05) is 0 Å². The number of ether oxygens (including phenoxy) is 1. The van der Waals surface area contributed by atoms with Crippen LogP contribution in [0.3, 0.4) is 0 Å². The average molecular weight is 209 g/mol. The molecule has 1 aliphatic heterocycles. The van der Waals surface area contributed by atoms with Gasteiger partial charge in [0.25, 0.3) is 0 Å². The van der Waals surface area contributed by atoms with E-state index in [-0.39, 0.29) is 18.0 Å². The van der Waals surface area contributed by atoms with Gasteiger partial charge in [-0.1, -0.05) is 18.2 Å². The van der Waals surface area contributed by atoms with Crippen LogP contribution in [0, 0.1) is 5.82 Å². The van der Waals surface area contributed by atoms with E-state index in [9.17, 15) is 9.18 Å². The largest absolute Gasteiger partial charge is 0.444 e. The quantitative estimate of drug-likeness (QED) is 0.825. The first-order valence-electron chi connectivity index (χ1n) is 4.93. The predicted octanol–water partition coefficient (Wildman–Crippen LogP) is 1.87. The molecule has 1 amide bonds. The van der Waals surface area contributed by atoms with Crippen molar-refractivity contribution in [1.82, 2.24) is 5.32 Å². The number of carbonyl (C=O) groups excluding carboxylic acids is 1. The Morgan fingerprint density at radius 2 is 2.27 bits per heavy atom. The average Bonchev–Trinajstić information content (AvgIpc) is 2.63. The van der Waals surface area contributed by atoms with E-state index in [0.29, 0.717) is 24.9 Å². The smallest absolute Gasteiger partial charge is 0.407 e. The third kappa shape index (κ3) is 2.46. The fourth-order valence-corrected chi connectivity index (χ4v) is 1.61. The molecule has 0 spiro atoms. The molecule has 0 aromatic heterocycles. The maximum Gasteiger partial charge on any atom is 0.407 e. The van der Waals surface area contributed by atoms with Crippen molar-refractivity contribution in [2.45, 2.75) is 18.9 Å². The van der Waals surface area contributed by atoms with Gasteiger partial charge in [0.2, 0.25) is 0 Å². The molecular weight excluding hydrogens is 197 g/mol. The van der Waals surface area contributed by atoms with E-state index in [1.54, 1.807) is 18.2 Å². The molecule has 15 heavy (non-hydrogen) atoms. The first-order chi connectivity index (χ1) is 7.25. The van der Waals surface area contributed by atoms with Crippen LogP contribution in [0.1, 0.15) is 12.0 Å². The number of hydrogen-bond donors (Lipinski definition) is 1. The van der Waals surface area contributed by atoms with Crippen LogP contribution in [0.15, 0.2) is 24.3 Å². The molecule has 1 aromatic rings. The van der Waals surface area contributed by atoms with Gasteiger partial charge in [0, 0.05) is 0 Å². The first kappa shape index (κ1) is 9.96. The number of carbonyl (C=O) groups is 1. The van der Waals surface area contributed by atoms with Crippen LogP contribution in [-0.2, 0) is 11.2 Å². The minimum Gasteiger partial charge on any atom is -0.444 e. The molecule has 1 fully saturated rings. The lowest BCUT2D eigenvalue weighted by atomic mass is 10.1. The number of benzene rings is 1. The highest BCUT2D eigenvalue weighted by molar-refractivity contribution is 5.69. The molecule has 80 valence electrons. The summed E-state index contributed by atoms with van der Waals surface area (Å²) in [4.78, 5) is 10.7. The lowest BCUT2D eigenvalue weighted by Gasteiger charge is -2.07. The second-order valence-electron chi connectivity index (χ2n) is 3.54. The van der Waals surface area contributed by atoms with Gasteiger partial charge in [-0.15, -0.1) is 0 Å². The Morgan fingerprint density at radius 3 is 2.93 bits per heavy atom. The Labute approximate surface area is 87.2 Å². The molecule has 0 bridgehead atoms. The SMILES string of the molecule is O=C1NCC(CCc2ccccc2F)O1. The molecule has 1 N–H and O–H groups in total. The molecule has 2 rings (SSSR count). The van der Waals surface area contributed by atoms with Gasteiger partial charge in [0.05, 0.1) is 6.54 Å². The normalized spacial score (nSPS) is 19.8. The van der Waals surface area contributed by atoms with Crippen molar-refractivity contribution in [2.24, 2.45) is 0 Å². The van der Waals surface area contributed by atoms with Crippen molar-refractivity contribution in [3.8, 4) is 0 Å². The molecule has 1 aliphatic rings. The van der Waals surface area contributed by atoms with Crippen molar-refractivity contribution in [2.75, 3.05) is 6.54 Å². The van der Waals surface area contributed by atoms with Crippen molar-refractivity contribution in [3.63, 3.8) is 0 Å². The maximum absolute atomic E-state index is 13.2. The minimum atomic E-state index is -0.381. The van der Waals surface area contributed by atoms with Gasteiger partial charge < -0.3 is 10.1 Å². The number of hydrogen-bond acceptors (Lipinski definition) is 2. The second-order valence-corrected chi connectivity index (χ2v) is 3.54. The van der Waals surface area contributed by atoms with Crippen LogP contribution in [0.5, 0.6) is 0 Å². The molecule has 1 aromatic carbocycles. The van der Waals surface area contributed by atoms with Gasteiger partial charge in [-0.05, 0) is 24.5 Å². The zero-order valence-electron chi connectivity index (χ0n) is 8.20. The summed E-state index contributed by atoms with van der Waals surface area (Å²) in [6, 6.07) is 6.65. The van der Waals surface area contributed by atoms with E-state index in [1.165, 1.54) is 6.07 Å². The summed E-state index contributed by atoms with van der Waals surface area (Å²) in [6.07, 6.45) is 0.733. The zero-order chi connectivity index (χ0) is 10.7. The lowest BCUT2D eigenvalue weighted by molar-refractivity contribution is 0.136. The van der Waals surface area contributed by atoms with Crippen molar-refractivity contribution >= 4 is 6.09 Å². The molecule has 0 aliphatic carbocycles. The van der Waals surface area contributed by atoms with Gasteiger partial charge in [-0.3, -0.25) is 0 Å². The van der Waals surface area contributed by atoms with Crippen LogP contribution in [0.25, 0.3) is 0 Å². The fraction of sp³-hybridized carbons (Fsp3) is 0.364. The van der Waals surface area contributed by atoms with Crippen LogP contribution >= 0.6 is 0 Å². The van der Waals surface area contributed by atoms with Gasteiger partial charge in [-0.2, -0.15) is 0 Å². The lowest BCUT2D eigenvalue weighted by Crippen LogP contribution is -2.15. The third-order valence-corrected chi connectivity index (χ3v) is 2.44. The number of nitrogens with one attached hydrogen (secondary N) is 1. The highest BCUT2D eigenvalue weighted by Gasteiger charge is 2.22. The van der Waals surface area contributed by atoms with Crippen molar-refractivity contribution < 1.29 is 13.9 Å². The second kappa shape index (κ2) is 4.29. The van der Waals surface area contributed by atoms with Crippen LogP contribution in [-0.4, -0.2) is 18.7 Å². The number of aryl methyl sites for hydroxylation is 1. The topological polar surface area (TPSA) is 38.3 Å². The molecule has 4 heteroatoms. The molecule has 1 unspecified atom stereocenters. The van der Waals surface area contributed by atoms with Crippen molar-refractivity contribution in [1.29, 1.82) is 0 Å². The third-order valence-electron chi connectivity index (χ3n) is 2.44. The fourth-order valence-electron chi connectivity index (χ4n) is 1.61. The summed E-state index contributed by atoms with van der Waals surface area (Å²) >= 11 is 0. The van der Waals surface area contributed by atoms with E-state index < -0.39 is 0 Å². The predicted molar refractivity (Wildman–Crippen MR) is 53.0 cm³/mol. The van der Waals surface area contributed by atoms with Gasteiger partial charge in [0.15, 0.2) is 0 Å². The number of alkyl carbamates (subject to hydrolysis) is 1. The molecule has 3 nitrogen and oxygen atoms in total. The van der Waals surface area contributed by atoms with Crippen molar-refractivity contribution in [3.05, 3.63) is 35.6 Å². The number of rotatable bonds is 3. The molecule has 0 saturated carbocycles. The first-order valence-corrected chi connectivity index (χ1v) is 4.93. The Morgan fingerprint density at radius 1 is 1.47 bits per heavy atom. The molecular formula is C11H12FNO2. The Hall–Kier alpha value is -1.58. The van der Waals surface area contributed by atoms with E-state index in [4.69, 9.17) is 4.74 Å². The Kier molecular flexibility index (Phi) is 2.85. The standard InChI is InChI=1S/C11H12FNO2/c12-10-4-2-1-3-8(10)5-6-9-7-13-11(14)15-9/h1-4,9H,5-7H2,(H,13,14). The minimum absolute atomic E-state index is 0.128. The van der Waals surface area contributed by atoms with Gasteiger partial charge in [-0.25, -0.2) is 9.18 Å². The summed E-state index contributed by atoms with van der Waals surface area (Å²) in [6.45, 7) is 0.521. The monoisotopic (exact) mass is 209 g/mol. The molecule has 0 radical (unpaired) electrons. The summed E-state index contributed by atoms with van der Waals surface area (Å²) < 4.78 is 18.2. The van der Waals surface area contributed by atoms with Gasteiger partial charge >= 0.3 is 6.09 Å². The number of halogens is 1. The summed E-state index contributed by atoms with van der Waals surface area (Å²) in [5.41, 5.74) is 0.667. The Bertz CT molecular complexity index is 367. The zero-order valence-corrected chi connectivity index (χ0v) is 8.20. The summed E-state index contributed by atoms with van der Waals surface area (Å²) in [5.74, 6) is -0.199. The Balaban J connectivity index is 1.88. The van der Waals surface area contributed by atoms with Crippen LogP contribution in [0.4, 0.5) is 9.18 Å². The highest BCUT2D eigenvalue weighted by atomic mass is 19.1. The summed E-state index contributed by atoms with van der Waals surface area (Å²) in [5, 5.41) is 2.57. The van der Waals surface area contributed by atoms with E-state index in [2.05, 4.69) is 5.32 Å². The molecule has 1 atom stereocenters. The molecule has 1 saturated heterocycles. The van der Waals surface area contributed by atoms with Gasteiger partial charge in [0.1, 0.15) is 11.9 Å². The van der Waals surface area contributed by atoms with Crippen LogP contribution < -0.4 is 5.32 Å². The number of cyclic esters (lactones) is 1. The summed E-state index contributed by atoms with van der Waals surface area (Å²) in [7, 11) is 0. The van der Waals surface area contributed by atoms with Crippen LogP contribution in [0.2, 0.25) is 0 Å². The highest BCUT2D eigenvalue weighted by Crippen LogP contribution is 2.13.